The van der Waals surface area contributed by atoms with Crippen molar-refractivity contribution in [3.05, 3.63) is 59.0 Å². The topological polar surface area (TPSA) is 68.4 Å². The first-order valence-electron chi connectivity index (χ1n) is 11.2. The fourth-order valence-corrected chi connectivity index (χ4v) is 4.51. The van der Waals surface area contributed by atoms with Crippen molar-refractivity contribution in [2.75, 3.05) is 13.2 Å². The van der Waals surface area contributed by atoms with Crippen molar-refractivity contribution < 1.29 is 14.3 Å². The Hall–Kier alpha value is -2.70. The summed E-state index contributed by atoms with van der Waals surface area (Å²) in [5.41, 5.74) is 4.29. The van der Waals surface area contributed by atoms with E-state index in [-0.39, 0.29) is 29.9 Å². The Kier molecular flexibility index (Phi) is 6.10. The Labute approximate surface area is 188 Å². The molecule has 3 aromatic rings. The molecule has 2 aromatic carbocycles. The summed E-state index contributed by atoms with van der Waals surface area (Å²) in [6.45, 7) is 9.24. The zero-order valence-electron chi connectivity index (χ0n) is 19.3. The number of benzene rings is 2. The molecular weight excluding hydrogens is 405 g/mol. The van der Waals surface area contributed by atoms with E-state index in [1.807, 2.05) is 64.1 Å². The van der Waals surface area contributed by atoms with E-state index < -0.39 is 0 Å². The second kappa shape index (κ2) is 8.68. The Morgan fingerprint density at radius 1 is 1.22 bits per heavy atom. The van der Waals surface area contributed by atoms with Crippen LogP contribution in [0.25, 0.3) is 22.0 Å². The molecule has 1 unspecified atom stereocenters. The molecule has 0 bridgehead atoms. The number of aryl methyl sites for hydroxylation is 1. The number of carbonyl (C=O) groups is 1. The SMILES string of the molecule is Cc1cc(C(=O)NC(C)(C)C)cc(-c2ccc3[nH]c(CN4CCCC4CO)c(F)c3c2)c1. The van der Waals surface area contributed by atoms with Crippen LogP contribution in [0.3, 0.4) is 0 Å². The molecule has 32 heavy (non-hydrogen) atoms. The van der Waals surface area contributed by atoms with Crippen molar-refractivity contribution in [2.24, 2.45) is 0 Å². The van der Waals surface area contributed by atoms with E-state index in [0.717, 1.165) is 41.6 Å². The third-order valence-corrected chi connectivity index (χ3v) is 6.04. The number of nitrogens with zero attached hydrogens (tertiary/aromatic N) is 1. The van der Waals surface area contributed by atoms with Gasteiger partial charge in [0.15, 0.2) is 5.82 Å². The van der Waals surface area contributed by atoms with Gasteiger partial charge in [-0.3, -0.25) is 9.69 Å². The summed E-state index contributed by atoms with van der Waals surface area (Å²) in [5, 5.41) is 13.1. The Bertz CT molecular complexity index is 1150. The predicted molar refractivity (Wildman–Crippen MR) is 126 cm³/mol. The zero-order valence-corrected chi connectivity index (χ0v) is 19.3. The van der Waals surface area contributed by atoms with Crippen LogP contribution in [0.15, 0.2) is 36.4 Å². The number of rotatable bonds is 5. The Balaban J connectivity index is 1.65. The molecule has 0 spiro atoms. The maximum absolute atomic E-state index is 15.3. The summed E-state index contributed by atoms with van der Waals surface area (Å²) in [6.07, 6.45) is 1.97. The van der Waals surface area contributed by atoms with Crippen molar-refractivity contribution in [1.82, 2.24) is 15.2 Å². The highest BCUT2D eigenvalue weighted by Crippen LogP contribution is 2.30. The molecule has 1 saturated heterocycles. The number of halogens is 1. The number of aliphatic hydroxyl groups is 1. The third-order valence-electron chi connectivity index (χ3n) is 6.04. The summed E-state index contributed by atoms with van der Waals surface area (Å²) in [6, 6.07) is 11.5. The summed E-state index contributed by atoms with van der Waals surface area (Å²) in [5.74, 6) is -0.369. The van der Waals surface area contributed by atoms with Gasteiger partial charge >= 0.3 is 0 Å². The lowest BCUT2D eigenvalue weighted by Gasteiger charge is -2.21. The third kappa shape index (κ3) is 4.71. The Morgan fingerprint density at radius 2 is 2.00 bits per heavy atom. The van der Waals surface area contributed by atoms with Crippen LogP contribution in [0, 0.1) is 12.7 Å². The van der Waals surface area contributed by atoms with Gasteiger partial charge in [0.1, 0.15) is 0 Å². The monoisotopic (exact) mass is 437 g/mol. The average Bonchev–Trinajstić information content (AvgIpc) is 3.30. The minimum atomic E-state index is -0.324. The van der Waals surface area contributed by atoms with Crippen LogP contribution < -0.4 is 5.32 Å². The van der Waals surface area contributed by atoms with Gasteiger partial charge in [-0.05, 0) is 88.0 Å². The zero-order chi connectivity index (χ0) is 23.0. The van der Waals surface area contributed by atoms with Crippen molar-refractivity contribution in [1.29, 1.82) is 0 Å². The molecule has 1 aliphatic rings. The largest absolute Gasteiger partial charge is 0.395 e. The van der Waals surface area contributed by atoms with Gasteiger partial charge in [-0.15, -0.1) is 0 Å². The van der Waals surface area contributed by atoms with E-state index in [1.165, 1.54) is 0 Å². The number of aromatic nitrogens is 1. The molecule has 1 fully saturated rings. The summed E-state index contributed by atoms with van der Waals surface area (Å²) >= 11 is 0. The van der Waals surface area contributed by atoms with Crippen LogP contribution in [0.5, 0.6) is 0 Å². The summed E-state index contributed by atoms with van der Waals surface area (Å²) in [7, 11) is 0. The van der Waals surface area contributed by atoms with Gasteiger partial charge in [-0.1, -0.05) is 12.1 Å². The number of aliphatic hydroxyl groups excluding tert-OH is 1. The first kappa shape index (κ1) is 22.5. The van der Waals surface area contributed by atoms with Gasteiger partial charge in [-0.25, -0.2) is 4.39 Å². The van der Waals surface area contributed by atoms with Crippen LogP contribution in [0.1, 0.15) is 55.2 Å². The van der Waals surface area contributed by atoms with Gasteiger partial charge < -0.3 is 15.4 Å². The van der Waals surface area contributed by atoms with Crippen LogP contribution in [0.4, 0.5) is 4.39 Å². The van der Waals surface area contributed by atoms with Gasteiger partial charge in [0.2, 0.25) is 0 Å². The van der Waals surface area contributed by atoms with E-state index in [2.05, 4.69) is 15.2 Å². The maximum atomic E-state index is 15.3. The van der Waals surface area contributed by atoms with Crippen LogP contribution in [-0.4, -0.2) is 45.6 Å². The molecular formula is C26H32FN3O2. The molecule has 2 heterocycles. The van der Waals surface area contributed by atoms with E-state index in [1.54, 1.807) is 0 Å². The fourth-order valence-electron chi connectivity index (χ4n) is 4.51. The molecule has 0 radical (unpaired) electrons. The highest BCUT2D eigenvalue weighted by atomic mass is 19.1. The van der Waals surface area contributed by atoms with E-state index in [4.69, 9.17) is 0 Å². The van der Waals surface area contributed by atoms with E-state index in [0.29, 0.717) is 23.2 Å². The first-order valence-corrected chi connectivity index (χ1v) is 11.2. The number of hydrogen-bond acceptors (Lipinski definition) is 3. The molecule has 0 saturated carbocycles. The smallest absolute Gasteiger partial charge is 0.251 e. The van der Waals surface area contributed by atoms with Gasteiger partial charge in [-0.2, -0.15) is 0 Å². The molecule has 3 N–H and O–H groups in total. The Morgan fingerprint density at radius 3 is 2.72 bits per heavy atom. The van der Waals surface area contributed by atoms with Crippen molar-refractivity contribution in [2.45, 2.75) is 58.7 Å². The first-order chi connectivity index (χ1) is 15.1. The number of carbonyl (C=O) groups excluding carboxylic acids is 1. The number of nitrogens with one attached hydrogen (secondary N) is 2. The predicted octanol–water partition coefficient (Wildman–Crippen LogP) is 4.77. The second-order valence-corrected chi connectivity index (χ2v) is 9.92. The number of H-pyrrole nitrogens is 1. The molecule has 170 valence electrons. The van der Waals surface area contributed by atoms with Gasteiger partial charge in [0.05, 0.1) is 12.3 Å². The number of amides is 1. The number of hydrogen-bond donors (Lipinski definition) is 3. The van der Waals surface area contributed by atoms with E-state index in [9.17, 15) is 9.90 Å². The van der Waals surface area contributed by atoms with Crippen LogP contribution in [-0.2, 0) is 6.54 Å². The second-order valence-electron chi connectivity index (χ2n) is 9.92. The van der Waals surface area contributed by atoms with Crippen LogP contribution >= 0.6 is 0 Å². The highest BCUT2D eigenvalue weighted by Gasteiger charge is 2.26. The number of aromatic amines is 1. The van der Waals surface area contributed by atoms with Crippen molar-refractivity contribution in [3.8, 4) is 11.1 Å². The van der Waals surface area contributed by atoms with Crippen molar-refractivity contribution >= 4 is 16.8 Å². The van der Waals surface area contributed by atoms with Gasteiger partial charge in [0, 0.05) is 34.6 Å². The lowest BCUT2D eigenvalue weighted by Crippen LogP contribution is -2.40. The quantitative estimate of drug-likeness (QED) is 0.539. The summed E-state index contributed by atoms with van der Waals surface area (Å²) in [4.78, 5) is 18.0. The fraction of sp³-hybridized carbons (Fsp3) is 0.423. The summed E-state index contributed by atoms with van der Waals surface area (Å²) < 4.78 is 15.3. The van der Waals surface area contributed by atoms with Crippen molar-refractivity contribution in [3.63, 3.8) is 0 Å². The van der Waals surface area contributed by atoms with Gasteiger partial charge in [0.25, 0.3) is 5.91 Å². The molecule has 5 nitrogen and oxygen atoms in total. The molecule has 1 aromatic heterocycles. The molecule has 6 heteroatoms. The molecule has 1 aliphatic heterocycles. The molecule has 1 amide bonds. The molecule has 4 rings (SSSR count). The normalized spacial score (nSPS) is 17.2. The number of fused-ring (bicyclic) bond motifs is 1. The number of likely N-dealkylation sites (tertiary alicyclic amines) is 1. The van der Waals surface area contributed by atoms with E-state index >= 15 is 4.39 Å². The lowest BCUT2D eigenvalue weighted by molar-refractivity contribution is 0.0919. The van der Waals surface area contributed by atoms with Crippen LogP contribution in [0.2, 0.25) is 0 Å². The average molecular weight is 438 g/mol. The maximum Gasteiger partial charge on any atom is 0.251 e. The molecule has 1 atom stereocenters. The molecule has 0 aliphatic carbocycles. The lowest BCUT2D eigenvalue weighted by atomic mass is 9.98. The minimum absolute atomic E-state index is 0.0985. The minimum Gasteiger partial charge on any atom is -0.395 e. The standard InChI is InChI=1S/C26H32FN3O2/c1-16-10-18(12-19(11-16)25(32)29-26(2,3)4)17-7-8-22-21(13-17)24(27)23(28-22)14-30-9-5-6-20(30)15-31/h7-8,10-13,20,28,31H,5-6,9,14-15H2,1-4H3,(H,29,32). The highest BCUT2D eigenvalue weighted by molar-refractivity contribution is 5.96.